The average Bonchev–Trinajstić information content (AvgIpc) is 2.30. The van der Waals surface area contributed by atoms with Crippen molar-refractivity contribution < 1.29 is 9.84 Å². The third-order valence-corrected chi connectivity index (χ3v) is 3.07. The van der Waals surface area contributed by atoms with Crippen molar-refractivity contribution in [2.24, 2.45) is 11.7 Å². The van der Waals surface area contributed by atoms with Crippen molar-refractivity contribution in [3.8, 4) is 5.75 Å². The first-order valence-electron chi connectivity index (χ1n) is 5.65. The molecule has 0 aliphatic rings. The number of benzene rings is 1. The molecule has 90 valence electrons. The van der Waals surface area contributed by atoms with Gasteiger partial charge >= 0.3 is 0 Å². The highest BCUT2D eigenvalue weighted by Crippen LogP contribution is 2.26. The molecule has 0 aromatic heterocycles. The Morgan fingerprint density at radius 3 is 2.56 bits per heavy atom. The highest BCUT2D eigenvalue weighted by Gasteiger charge is 2.17. The Balaban J connectivity index is 2.91. The molecule has 3 heteroatoms. The lowest BCUT2D eigenvalue weighted by Gasteiger charge is -2.21. The number of nitrogens with two attached hydrogens (primary N) is 1. The van der Waals surface area contributed by atoms with Crippen molar-refractivity contribution in [2.75, 3.05) is 13.7 Å². The molecule has 1 aromatic rings. The summed E-state index contributed by atoms with van der Waals surface area (Å²) >= 11 is 0. The monoisotopic (exact) mass is 223 g/mol. The molecular formula is C13H21NO2. The zero-order valence-electron chi connectivity index (χ0n) is 10.2. The van der Waals surface area contributed by atoms with Crippen molar-refractivity contribution in [2.45, 2.75) is 26.3 Å². The maximum absolute atomic E-state index is 9.22. The number of aliphatic hydroxyl groups is 1. The van der Waals surface area contributed by atoms with Crippen molar-refractivity contribution in [1.82, 2.24) is 0 Å². The third-order valence-electron chi connectivity index (χ3n) is 3.07. The summed E-state index contributed by atoms with van der Waals surface area (Å²) in [5.41, 5.74) is 8.25. The summed E-state index contributed by atoms with van der Waals surface area (Å²) in [6, 6.07) is 5.81. The zero-order chi connectivity index (χ0) is 12.1. The van der Waals surface area contributed by atoms with Crippen LogP contribution in [-0.4, -0.2) is 18.8 Å². The molecule has 0 saturated heterocycles. The molecule has 3 N–H and O–H groups in total. The molecule has 0 spiro atoms. The first kappa shape index (κ1) is 13.0. The number of hydrogen-bond acceptors (Lipinski definition) is 3. The first-order valence-corrected chi connectivity index (χ1v) is 5.65. The molecule has 1 rings (SSSR count). The lowest BCUT2D eigenvalue weighted by atomic mass is 9.91. The van der Waals surface area contributed by atoms with E-state index in [2.05, 4.69) is 0 Å². The van der Waals surface area contributed by atoms with Crippen LogP contribution in [-0.2, 0) is 0 Å². The lowest BCUT2D eigenvalue weighted by Crippen LogP contribution is -2.23. The summed E-state index contributed by atoms with van der Waals surface area (Å²) in [7, 11) is 1.66. The summed E-state index contributed by atoms with van der Waals surface area (Å²) in [6.45, 7) is 4.16. The van der Waals surface area contributed by atoms with Crippen molar-refractivity contribution in [3.05, 3.63) is 29.3 Å². The number of aryl methyl sites for hydroxylation is 1. The van der Waals surface area contributed by atoms with Crippen LogP contribution in [0.25, 0.3) is 0 Å². The van der Waals surface area contributed by atoms with Gasteiger partial charge in [-0.1, -0.05) is 19.1 Å². The lowest BCUT2D eigenvalue weighted by molar-refractivity contribution is 0.200. The van der Waals surface area contributed by atoms with Crippen LogP contribution in [0, 0.1) is 12.8 Å². The van der Waals surface area contributed by atoms with Crippen LogP contribution in [0.4, 0.5) is 0 Å². The standard InChI is InChI=1S/C13H21NO2/c1-4-10(8-15)13(14)11-5-6-12(16-3)9(2)7-11/h5-7,10,13,15H,4,8,14H2,1-3H3. The van der Waals surface area contributed by atoms with Gasteiger partial charge in [0.05, 0.1) is 7.11 Å². The van der Waals surface area contributed by atoms with E-state index in [4.69, 9.17) is 10.5 Å². The van der Waals surface area contributed by atoms with E-state index in [1.165, 1.54) is 0 Å². The molecule has 3 nitrogen and oxygen atoms in total. The Labute approximate surface area is 97.2 Å². The van der Waals surface area contributed by atoms with Gasteiger partial charge in [0, 0.05) is 18.6 Å². The fourth-order valence-corrected chi connectivity index (χ4v) is 1.88. The second-order valence-corrected chi connectivity index (χ2v) is 4.11. The van der Waals surface area contributed by atoms with Crippen molar-refractivity contribution in [1.29, 1.82) is 0 Å². The molecule has 0 bridgehead atoms. The second-order valence-electron chi connectivity index (χ2n) is 4.11. The summed E-state index contributed by atoms with van der Waals surface area (Å²) in [6.07, 6.45) is 0.878. The van der Waals surface area contributed by atoms with Crippen LogP contribution in [0.5, 0.6) is 5.75 Å². The molecule has 0 fully saturated rings. The highest BCUT2D eigenvalue weighted by atomic mass is 16.5. The predicted octanol–water partition coefficient (Wildman–Crippen LogP) is 2.02. The van der Waals surface area contributed by atoms with E-state index in [-0.39, 0.29) is 18.6 Å². The molecule has 0 aliphatic carbocycles. The Hall–Kier alpha value is -1.06. The first-order chi connectivity index (χ1) is 7.63. The number of aliphatic hydroxyl groups excluding tert-OH is 1. The SMILES string of the molecule is CCC(CO)C(N)c1ccc(OC)c(C)c1. The largest absolute Gasteiger partial charge is 0.496 e. The van der Waals surface area contributed by atoms with E-state index >= 15 is 0 Å². The normalized spacial score (nSPS) is 14.6. The molecule has 2 unspecified atom stereocenters. The van der Waals surface area contributed by atoms with Gasteiger partial charge in [0.15, 0.2) is 0 Å². The van der Waals surface area contributed by atoms with E-state index < -0.39 is 0 Å². The maximum Gasteiger partial charge on any atom is 0.121 e. The summed E-state index contributed by atoms with van der Waals surface area (Å²) in [4.78, 5) is 0. The van der Waals surface area contributed by atoms with Crippen LogP contribution in [0.3, 0.4) is 0 Å². The number of methoxy groups -OCH3 is 1. The quantitative estimate of drug-likeness (QED) is 0.803. The smallest absolute Gasteiger partial charge is 0.121 e. The molecule has 0 heterocycles. The minimum atomic E-state index is -0.111. The average molecular weight is 223 g/mol. The van der Waals surface area contributed by atoms with Gasteiger partial charge in [-0.05, 0) is 30.5 Å². The van der Waals surface area contributed by atoms with Crippen LogP contribution < -0.4 is 10.5 Å². The summed E-state index contributed by atoms with van der Waals surface area (Å²) < 4.78 is 5.20. The Kier molecular flexibility index (Phi) is 4.77. The van der Waals surface area contributed by atoms with Gasteiger partial charge in [0.1, 0.15) is 5.75 Å². The van der Waals surface area contributed by atoms with Gasteiger partial charge in [0.2, 0.25) is 0 Å². The van der Waals surface area contributed by atoms with E-state index in [0.29, 0.717) is 0 Å². The van der Waals surface area contributed by atoms with E-state index in [9.17, 15) is 5.11 Å². The summed E-state index contributed by atoms with van der Waals surface area (Å²) in [5, 5.41) is 9.22. The molecule has 1 aromatic carbocycles. The van der Waals surface area contributed by atoms with E-state index in [0.717, 1.165) is 23.3 Å². The fraction of sp³-hybridized carbons (Fsp3) is 0.538. The maximum atomic E-state index is 9.22. The summed E-state index contributed by atoms with van der Waals surface area (Å²) in [5.74, 6) is 0.987. The Bertz CT molecular complexity index is 335. The Morgan fingerprint density at radius 1 is 1.44 bits per heavy atom. The molecule has 0 radical (unpaired) electrons. The zero-order valence-corrected chi connectivity index (χ0v) is 10.2. The topological polar surface area (TPSA) is 55.5 Å². The van der Waals surface area contributed by atoms with Crippen LogP contribution in [0.1, 0.15) is 30.5 Å². The van der Waals surface area contributed by atoms with E-state index in [1.807, 2.05) is 32.0 Å². The number of ether oxygens (including phenoxy) is 1. The van der Waals surface area contributed by atoms with Crippen molar-refractivity contribution in [3.63, 3.8) is 0 Å². The molecule has 0 saturated carbocycles. The molecular weight excluding hydrogens is 202 g/mol. The minimum Gasteiger partial charge on any atom is -0.496 e. The molecule has 0 amide bonds. The minimum absolute atomic E-state index is 0.111. The van der Waals surface area contributed by atoms with Gasteiger partial charge in [-0.15, -0.1) is 0 Å². The number of rotatable bonds is 5. The van der Waals surface area contributed by atoms with E-state index in [1.54, 1.807) is 7.11 Å². The van der Waals surface area contributed by atoms with Gasteiger partial charge < -0.3 is 15.6 Å². The molecule has 2 atom stereocenters. The predicted molar refractivity (Wildman–Crippen MR) is 65.5 cm³/mol. The molecule has 0 aliphatic heterocycles. The van der Waals surface area contributed by atoms with Gasteiger partial charge in [0.25, 0.3) is 0 Å². The van der Waals surface area contributed by atoms with Gasteiger partial charge in [-0.3, -0.25) is 0 Å². The molecule has 16 heavy (non-hydrogen) atoms. The van der Waals surface area contributed by atoms with Crippen LogP contribution in [0.15, 0.2) is 18.2 Å². The van der Waals surface area contributed by atoms with Crippen molar-refractivity contribution >= 4 is 0 Å². The highest BCUT2D eigenvalue weighted by molar-refractivity contribution is 5.37. The van der Waals surface area contributed by atoms with Gasteiger partial charge in [-0.25, -0.2) is 0 Å². The fourth-order valence-electron chi connectivity index (χ4n) is 1.88. The van der Waals surface area contributed by atoms with Crippen LogP contribution in [0.2, 0.25) is 0 Å². The van der Waals surface area contributed by atoms with Gasteiger partial charge in [-0.2, -0.15) is 0 Å². The number of hydrogen-bond donors (Lipinski definition) is 2. The van der Waals surface area contributed by atoms with Crippen LogP contribution >= 0.6 is 0 Å². The third kappa shape index (κ3) is 2.74. The Morgan fingerprint density at radius 2 is 2.12 bits per heavy atom. The second kappa shape index (κ2) is 5.87.